The standard InChI is InChI=1S/C12H14ClNS/c13-12(9-5-2-6-10-14)15-11-7-3-1-4-8-11/h1,3-4,7-8,12H,2,5-6,9H2. The van der Waals surface area contributed by atoms with Crippen LogP contribution in [0, 0.1) is 11.3 Å². The van der Waals surface area contributed by atoms with Crippen LogP contribution < -0.4 is 0 Å². The van der Waals surface area contributed by atoms with E-state index in [1.165, 1.54) is 4.90 Å². The van der Waals surface area contributed by atoms with Crippen molar-refractivity contribution >= 4 is 23.4 Å². The largest absolute Gasteiger partial charge is 0.198 e. The van der Waals surface area contributed by atoms with Gasteiger partial charge in [0.25, 0.3) is 0 Å². The van der Waals surface area contributed by atoms with E-state index in [-0.39, 0.29) is 4.71 Å². The van der Waals surface area contributed by atoms with Gasteiger partial charge in [-0.05, 0) is 25.0 Å². The van der Waals surface area contributed by atoms with E-state index in [2.05, 4.69) is 18.2 Å². The molecule has 1 aromatic carbocycles. The minimum Gasteiger partial charge on any atom is -0.198 e. The summed E-state index contributed by atoms with van der Waals surface area (Å²) >= 11 is 7.86. The van der Waals surface area contributed by atoms with Crippen LogP contribution in [0.4, 0.5) is 0 Å². The van der Waals surface area contributed by atoms with Gasteiger partial charge in [0.15, 0.2) is 0 Å². The fourth-order valence-electron chi connectivity index (χ4n) is 1.21. The number of unbranched alkanes of at least 4 members (excludes halogenated alkanes) is 2. The van der Waals surface area contributed by atoms with E-state index < -0.39 is 0 Å². The number of benzene rings is 1. The van der Waals surface area contributed by atoms with Crippen molar-refractivity contribution in [3.63, 3.8) is 0 Å². The Morgan fingerprint density at radius 2 is 2.00 bits per heavy atom. The summed E-state index contributed by atoms with van der Waals surface area (Å²) in [5.41, 5.74) is 0. The summed E-state index contributed by atoms with van der Waals surface area (Å²) in [6.07, 6.45) is 3.58. The van der Waals surface area contributed by atoms with E-state index in [0.29, 0.717) is 6.42 Å². The van der Waals surface area contributed by atoms with Crippen LogP contribution in [0.1, 0.15) is 25.7 Å². The fraction of sp³-hybridized carbons (Fsp3) is 0.417. The topological polar surface area (TPSA) is 23.8 Å². The van der Waals surface area contributed by atoms with Crippen LogP contribution >= 0.6 is 23.4 Å². The van der Waals surface area contributed by atoms with Crippen LogP contribution in [0.2, 0.25) is 0 Å². The van der Waals surface area contributed by atoms with E-state index in [9.17, 15) is 0 Å². The second-order valence-electron chi connectivity index (χ2n) is 3.24. The Labute approximate surface area is 100 Å². The van der Waals surface area contributed by atoms with Crippen LogP contribution in [-0.2, 0) is 0 Å². The molecule has 0 aliphatic heterocycles. The van der Waals surface area contributed by atoms with Crippen molar-refractivity contribution < 1.29 is 0 Å². The molecule has 0 aliphatic rings. The Morgan fingerprint density at radius 3 is 2.67 bits per heavy atom. The Hall–Kier alpha value is -0.650. The Bertz CT molecular complexity index is 307. The Balaban J connectivity index is 2.19. The van der Waals surface area contributed by atoms with E-state index in [1.807, 2.05) is 18.2 Å². The zero-order valence-corrected chi connectivity index (χ0v) is 10.1. The highest BCUT2D eigenvalue weighted by atomic mass is 35.5. The van der Waals surface area contributed by atoms with Crippen LogP contribution in [0.25, 0.3) is 0 Å². The molecule has 0 spiro atoms. The molecule has 0 fully saturated rings. The lowest BCUT2D eigenvalue weighted by Gasteiger charge is -2.07. The molecule has 1 atom stereocenters. The van der Waals surface area contributed by atoms with Gasteiger partial charge in [0, 0.05) is 11.3 Å². The molecule has 0 saturated carbocycles. The predicted molar refractivity (Wildman–Crippen MR) is 66.0 cm³/mol. The summed E-state index contributed by atoms with van der Waals surface area (Å²) in [5, 5.41) is 8.38. The van der Waals surface area contributed by atoms with Gasteiger partial charge in [0.1, 0.15) is 0 Å². The fourth-order valence-corrected chi connectivity index (χ4v) is 2.57. The van der Waals surface area contributed by atoms with E-state index in [0.717, 1.165) is 19.3 Å². The van der Waals surface area contributed by atoms with Crippen molar-refractivity contribution in [3.05, 3.63) is 30.3 Å². The first kappa shape index (κ1) is 12.4. The summed E-state index contributed by atoms with van der Waals surface area (Å²) in [7, 11) is 0. The maximum Gasteiger partial charge on any atom is 0.0835 e. The summed E-state index contributed by atoms with van der Waals surface area (Å²) in [5.74, 6) is 0. The highest BCUT2D eigenvalue weighted by Crippen LogP contribution is 2.29. The smallest absolute Gasteiger partial charge is 0.0835 e. The molecule has 0 bridgehead atoms. The normalized spacial score (nSPS) is 12.0. The Kier molecular flexibility index (Phi) is 6.31. The molecule has 80 valence electrons. The first-order chi connectivity index (χ1) is 7.33. The van der Waals surface area contributed by atoms with Gasteiger partial charge in [-0.1, -0.05) is 24.6 Å². The van der Waals surface area contributed by atoms with Gasteiger partial charge in [-0.15, -0.1) is 23.4 Å². The average molecular weight is 240 g/mol. The molecule has 0 aliphatic carbocycles. The Morgan fingerprint density at radius 1 is 1.27 bits per heavy atom. The van der Waals surface area contributed by atoms with Crippen molar-refractivity contribution in [2.45, 2.75) is 35.3 Å². The summed E-state index contributed by atoms with van der Waals surface area (Å²) in [6.45, 7) is 0. The second kappa shape index (κ2) is 7.62. The van der Waals surface area contributed by atoms with E-state index >= 15 is 0 Å². The number of nitriles is 1. The van der Waals surface area contributed by atoms with Gasteiger partial charge in [0.05, 0.1) is 10.8 Å². The SMILES string of the molecule is N#CCCCCC(Cl)Sc1ccccc1. The number of hydrogen-bond donors (Lipinski definition) is 0. The number of hydrogen-bond acceptors (Lipinski definition) is 2. The third-order valence-corrected chi connectivity index (χ3v) is 3.50. The molecule has 1 nitrogen and oxygen atoms in total. The molecule has 1 aromatic rings. The van der Waals surface area contributed by atoms with Gasteiger partial charge in [-0.25, -0.2) is 0 Å². The monoisotopic (exact) mass is 239 g/mol. The summed E-state index contributed by atoms with van der Waals surface area (Å²) in [6, 6.07) is 12.3. The second-order valence-corrected chi connectivity index (χ2v) is 5.31. The molecular formula is C12H14ClNS. The summed E-state index contributed by atoms with van der Waals surface area (Å²) in [4.78, 5) is 1.21. The van der Waals surface area contributed by atoms with Crippen LogP contribution in [-0.4, -0.2) is 4.71 Å². The molecule has 15 heavy (non-hydrogen) atoms. The van der Waals surface area contributed by atoms with Crippen molar-refractivity contribution in [2.75, 3.05) is 0 Å². The quantitative estimate of drug-likeness (QED) is 0.417. The highest BCUT2D eigenvalue weighted by molar-refractivity contribution is 8.01. The molecule has 0 heterocycles. The zero-order chi connectivity index (χ0) is 10.9. The van der Waals surface area contributed by atoms with Crippen molar-refractivity contribution in [3.8, 4) is 6.07 Å². The molecule has 0 amide bonds. The lowest BCUT2D eigenvalue weighted by Crippen LogP contribution is -1.91. The van der Waals surface area contributed by atoms with Gasteiger partial charge >= 0.3 is 0 Å². The number of nitrogens with zero attached hydrogens (tertiary/aromatic N) is 1. The van der Waals surface area contributed by atoms with Gasteiger partial charge in [0.2, 0.25) is 0 Å². The predicted octanol–water partition coefficient (Wildman–Crippen LogP) is 4.43. The molecular weight excluding hydrogens is 226 g/mol. The van der Waals surface area contributed by atoms with Gasteiger partial charge < -0.3 is 0 Å². The van der Waals surface area contributed by atoms with E-state index in [4.69, 9.17) is 16.9 Å². The number of thioether (sulfide) groups is 1. The lowest BCUT2D eigenvalue weighted by molar-refractivity contribution is 0.724. The van der Waals surface area contributed by atoms with Crippen molar-refractivity contribution in [2.24, 2.45) is 0 Å². The zero-order valence-electron chi connectivity index (χ0n) is 8.53. The van der Waals surface area contributed by atoms with Crippen LogP contribution in [0.5, 0.6) is 0 Å². The summed E-state index contributed by atoms with van der Waals surface area (Å²) < 4.78 is 0.117. The number of alkyl halides is 1. The average Bonchev–Trinajstić information content (AvgIpc) is 2.26. The minimum atomic E-state index is 0.117. The third kappa shape index (κ3) is 5.71. The minimum absolute atomic E-state index is 0.117. The molecule has 1 rings (SSSR count). The van der Waals surface area contributed by atoms with Gasteiger partial charge in [-0.3, -0.25) is 0 Å². The number of halogens is 1. The van der Waals surface area contributed by atoms with Crippen LogP contribution in [0.15, 0.2) is 35.2 Å². The molecule has 1 unspecified atom stereocenters. The molecule has 0 N–H and O–H groups in total. The first-order valence-corrected chi connectivity index (χ1v) is 6.37. The molecule has 3 heteroatoms. The third-order valence-electron chi connectivity index (χ3n) is 1.98. The molecule has 0 aromatic heterocycles. The first-order valence-electron chi connectivity index (χ1n) is 5.05. The number of rotatable bonds is 6. The van der Waals surface area contributed by atoms with Gasteiger partial charge in [-0.2, -0.15) is 5.26 Å². The van der Waals surface area contributed by atoms with Crippen molar-refractivity contribution in [1.29, 1.82) is 5.26 Å². The maximum atomic E-state index is 8.38. The van der Waals surface area contributed by atoms with Crippen LogP contribution in [0.3, 0.4) is 0 Å². The highest BCUT2D eigenvalue weighted by Gasteiger charge is 2.05. The van der Waals surface area contributed by atoms with E-state index in [1.54, 1.807) is 11.8 Å². The molecule has 0 radical (unpaired) electrons. The molecule has 0 saturated heterocycles. The maximum absolute atomic E-state index is 8.38. The van der Waals surface area contributed by atoms with Crippen molar-refractivity contribution in [1.82, 2.24) is 0 Å². The lowest BCUT2D eigenvalue weighted by atomic mass is 10.2.